The van der Waals surface area contributed by atoms with Gasteiger partial charge in [0.2, 0.25) is 0 Å². The van der Waals surface area contributed by atoms with Crippen molar-refractivity contribution in [1.82, 2.24) is 0 Å². The van der Waals surface area contributed by atoms with Crippen LogP contribution in [0.25, 0.3) is 0 Å². The summed E-state index contributed by atoms with van der Waals surface area (Å²) in [4.78, 5) is 15.4. The molecule has 6 heteroatoms. The second kappa shape index (κ2) is 3.61. The van der Waals surface area contributed by atoms with Crippen LogP contribution in [0.2, 0.25) is 0 Å². The van der Waals surface area contributed by atoms with Crippen LogP contribution < -0.4 is 0 Å². The summed E-state index contributed by atoms with van der Waals surface area (Å²) in [6.07, 6.45) is 0. The van der Waals surface area contributed by atoms with Crippen molar-refractivity contribution in [3.63, 3.8) is 0 Å². The van der Waals surface area contributed by atoms with E-state index in [2.05, 4.69) is 0 Å². The van der Waals surface area contributed by atoms with E-state index in [4.69, 9.17) is 9.79 Å². The van der Waals surface area contributed by atoms with Crippen molar-refractivity contribution in [2.75, 3.05) is 0 Å². The van der Waals surface area contributed by atoms with Crippen LogP contribution in [0.5, 0.6) is 0 Å². The molecule has 2 N–H and O–H groups in total. The van der Waals surface area contributed by atoms with Crippen molar-refractivity contribution in [3.8, 4) is 0 Å². The van der Waals surface area contributed by atoms with Gasteiger partial charge in [-0.15, -0.1) is 0 Å². The second-order valence-electron chi connectivity index (χ2n) is 0.835. The Morgan fingerprint density at radius 1 is 1.50 bits per heavy atom. The van der Waals surface area contributed by atoms with Crippen LogP contribution in [0.3, 0.4) is 0 Å². The van der Waals surface area contributed by atoms with E-state index in [0.29, 0.717) is 0 Å². The molecule has 0 unspecified atom stereocenters. The number of hydrogen-bond donors (Lipinski definition) is 2. The van der Waals surface area contributed by atoms with Crippen molar-refractivity contribution < 1.29 is 14.4 Å². The first-order valence-electron chi connectivity index (χ1n) is 1.03. The molecule has 0 fully saturated rings. The Hall–Kier alpha value is 1.63. The fourth-order valence-electron chi connectivity index (χ4n) is 0. The molecule has 0 spiro atoms. The Morgan fingerprint density at radius 2 is 1.50 bits per heavy atom. The molecule has 0 atom stereocenters. The molecule has 0 amide bonds. The van der Waals surface area contributed by atoms with Crippen LogP contribution in [0.15, 0.2) is 0 Å². The van der Waals surface area contributed by atoms with Gasteiger partial charge in [-0.3, -0.25) is 4.57 Å². The third-order valence-corrected chi connectivity index (χ3v) is 0. The van der Waals surface area contributed by atoms with Gasteiger partial charge in [0.25, 0.3) is 7.14 Å². The summed E-state index contributed by atoms with van der Waals surface area (Å²) in [5, 5.41) is 0. The predicted octanol–water partition coefficient (Wildman–Crippen LogP) is -2.47. The summed E-state index contributed by atoms with van der Waals surface area (Å²) in [5.41, 5.74) is 0. The topological polar surface area (TPSA) is 57.5 Å². The summed E-state index contributed by atoms with van der Waals surface area (Å²) in [6.45, 7) is 0. The van der Waals surface area contributed by atoms with Crippen LogP contribution in [0.4, 0.5) is 0 Å². The first-order valence-corrected chi connectivity index (χ1v) is 5.77. The number of hydrogen-bond acceptors (Lipinski definition) is 1. The number of rotatable bonds is 0. The zero-order valence-electron chi connectivity index (χ0n) is 2.75. The van der Waals surface area contributed by atoms with Gasteiger partial charge < -0.3 is 9.79 Å². The summed E-state index contributed by atoms with van der Waals surface area (Å²) in [7, 11) is -3.53. The maximum absolute atomic E-state index is 9.39. The normalized spacial score (nSPS) is 10.3. The third kappa shape index (κ3) is 45.5. The molecule has 0 heterocycles. The fourth-order valence-corrected chi connectivity index (χ4v) is 0. The minimum atomic E-state index is -3.50. The van der Waals surface area contributed by atoms with E-state index < -0.39 is 7.14 Å². The molecule has 0 aromatic carbocycles. The molecule has 0 aromatic rings. The average Bonchev–Trinajstić information content (AvgIpc) is 0.722. The molecule has 36 valence electrons. The van der Waals surface area contributed by atoms with E-state index in [1.54, 1.807) is 0 Å². The van der Waals surface area contributed by atoms with Crippen LogP contribution >= 0.6 is 7.14 Å². The quantitative estimate of drug-likeness (QED) is 0.300. The zero-order chi connectivity index (χ0) is 4.50. The Bertz CT molecular complexity index is 56.9. The van der Waals surface area contributed by atoms with Gasteiger partial charge in [-0.2, -0.15) is 0 Å². The molecule has 0 aliphatic heterocycles. The van der Waals surface area contributed by atoms with Crippen LogP contribution in [0.1, 0.15) is 0 Å². The molecule has 3 nitrogen and oxygen atoms in total. The van der Waals surface area contributed by atoms with Gasteiger partial charge in [0.1, 0.15) is 9.91 Å². The SMILES string of the molecule is O=P(O)(O)[SiH3].[CaH2]. The predicted molar refractivity (Wildman–Crippen MR) is 30.5 cm³/mol. The van der Waals surface area contributed by atoms with Gasteiger partial charge in [0.15, 0.2) is 0 Å². The molecular weight excluding hydrogens is 147 g/mol. The molecule has 0 saturated heterocycles. The van der Waals surface area contributed by atoms with Crippen molar-refractivity contribution in [2.24, 2.45) is 0 Å². The summed E-state index contributed by atoms with van der Waals surface area (Å²) in [6, 6.07) is 0. The Balaban J connectivity index is 0. The van der Waals surface area contributed by atoms with Crippen molar-refractivity contribution in [1.29, 1.82) is 0 Å². The molecule has 0 aliphatic carbocycles. The second-order valence-corrected chi connectivity index (χ2v) is 6.00. The molecule has 0 aliphatic rings. The molecule has 0 aromatic heterocycles. The monoisotopic (exact) mass is 154 g/mol. The van der Waals surface area contributed by atoms with Crippen LogP contribution in [-0.2, 0) is 4.57 Å². The Morgan fingerprint density at radius 3 is 1.50 bits per heavy atom. The van der Waals surface area contributed by atoms with Crippen molar-refractivity contribution in [2.45, 2.75) is 0 Å². The van der Waals surface area contributed by atoms with Gasteiger partial charge in [0.05, 0.1) is 0 Å². The van der Waals surface area contributed by atoms with Crippen molar-refractivity contribution >= 4 is 54.8 Å². The summed E-state index contributed by atoms with van der Waals surface area (Å²) < 4.78 is 9.39. The average molecular weight is 154 g/mol. The minimum absolute atomic E-state index is 0. The molecule has 0 saturated carbocycles. The molecule has 0 bridgehead atoms. The van der Waals surface area contributed by atoms with E-state index in [-0.39, 0.29) is 47.6 Å². The van der Waals surface area contributed by atoms with Crippen LogP contribution in [0, 0.1) is 0 Å². The van der Waals surface area contributed by atoms with E-state index >= 15 is 0 Å². The van der Waals surface area contributed by atoms with Gasteiger partial charge in [-0.1, -0.05) is 0 Å². The summed E-state index contributed by atoms with van der Waals surface area (Å²) >= 11 is 0. The van der Waals surface area contributed by atoms with Crippen LogP contribution in [-0.4, -0.2) is 57.4 Å². The van der Waals surface area contributed by atoms with E-state index in [1.807, 2.05) is 0 Å². The molecule has 6 heavy (non-hydrogen) atoms. The van der Waals surface area contributed by atoms with Crippen molar-refractivity contribution in [3.05, 3.63) is 0 Å². The Labute approximate surface area is 68.6 Å². The van der Waals surface area contributed by atoms with E-state index in [9.17, 15) is 4.57 Å². The third-order valence-electron chi connectivity index (χ3n) is 0. The first kappa shape index (κ1) is 10.6. The van der Waals surface area contributed by atoms with E-state index in [0.717, 1.165) is 0 Å². The standard InChI is InChI=1S/Ca.H5O3PSi.2H/c;1-4(2,3)5;;/h;5H3,(H2,1,2,3);;. The van der Waals surface area contributed by atoms with Gasteiger partial charge in [-0.25, -0.2) is 0 Å². The molecule has 0 radical (unpaired) electrons. The zero-order valence-corrected chi connectivity index (χ0v) is 5.64. The fraction of sp³-hybridized carbons (Fsp3) is 0. The Kier molecular flexibility index (Phi) is 6.36. The molecule has 0 rings (SSSR count). The van der Waals surface area contributed by atoms with Gasteiger partial charge in [0, 0.05) is 0 Å². The van der Waals surface area contributed by atoms with E-state index in [1.165, 1.54) is 0 Å². The maximum atomic E-state index is 9.39. The summed E-state index contributed by atoms with van der Waals surface area (Å²) in [5.74, 6) is 0. The molecular formula is H7CaO3PSi. The van der Waals surface area contributed by atoms with Gasteiger partial charge >= 0.3 is 37.7 Å². The first-order chi connectivity index (χ1) is 2.00. The van der Waals surface area contributed by atoms with Gasteiger partial charge in [-0.05, 0) is 0 Å².